The van der Waals surface area contributed by atoms with E-state index < -0.39 is 6.10 Å². The average molecular weight is 403 g/mol. The average Bonchev–Trinajstić information content (AvgIpc) is 2.42. The van der Waals surface area contributed by atoms with Gasteiger partial charge >= 0.3 is 0 Å². The van der Waals surface area contributed by atoms with Gasteiger partial charge in [-0.3, -0.25) is 0 Å². The molecule has 0 bridgehead atoms. The lowest BCUT2D eigenvalue weighted by Crippen LogP contribution is -2.20. The lowest BCUT2D eigenvalue weighted by Gasteiger charge is -2.23. The van der Waals surface area contributed by atoms with E-state index >= 15 is 0 Å². The predicted molar refractivity (Wildman–Crippen MR) is 85.0 cm³/mol. The van der Waals surface area contributed by atoms with E-state index in [0.29, 0.717) is 5.56 Å². The zero-order valence-corrected chi connectivity index (χ0v) is 13.7. The Bertz CT molecular complexity index is 606. The van der Waals surface area contributed by atoms with E-state index in [9.17, 15) is 9.50 Å². The molecule has 0 amide bonds. The van der Waals surface area contributed by atoms with Crippen molar-refractivity contribution in [1.29, 1.82) is 0 Å². The van der Waals surface area contributed by atoms with Crippen LogP contribution in [0.2, 0.25) is 0 Å². The quantitative estimate of drug-likeness (QED) is 0.807. The minimum Gasteiger partial charge on any atom is -0.388 e. The Hall–Kier alpha value is -0.750. The predicted octanol–water partition coefficient (Wildman–Crippen LogP) is 4.13. The van der Waals surface area contributed by atoms with Crippen molar-refractivity contribution in [2.24, 2.45) is 5.73 Å². The van der Waals surface area contributed by atoms with Crippen LogP contribution in [0.4, 0.5) is 4.39 Å². The van der Waals surface area contributed by atoms with Gasteiger partial charge in [-0.25, -0.2) is 4.39 Å². The summed E-state index contributed by atoms with van der Waals surface area (Å²) in [6.07, 6.45) is -0.811. The fourth-order valence-electron chi connectivity index (χ4n) is 2.14. The molecule has 2 nitrogen and oxygen atoms in total. The van der Waals surface area contributed by atoms with Crippen molar-refractivity contribution in [2.45, 2.75) is 12.0 Å². The number of benzene rings is 2. The Morgan fingerprint density at radius 2 is 1.90 bits per heavy atom. The number of halogens is 3. The van der Waals surface area contributed by atoms with E-state index in [1.807, 2.05) is 18.2 Å². The van der Waals surface area contributed by atoms with Crippen molar-refractivity contribution in [3.8, 4) is 0 Å². The molecule has 0 aliphatic carbocycles. The highest BCUT2D eigenvalue weighted by Crippen LogP contribution is 2.35. The topological polar surface area (TPSA) is 46.2 Å². The Morgan fingerprint density at radius 3 is 2.55 bits per heavy atom. The van der Waals surface area contributed by atoms with Gasteiger partial charge in [0.25, 0.3) is 0 Å². The van der Waals surface area contributed by atoms with Crippen molar-refractivity contribution in [1.82, 2.24) is 0 Å². The smallest absolute Gasteiger partial charge is 0.123 e. The van der Waals surface area contributed by atoms with E-state index in [1.165, 1.54) is 12.1 Å². The molecule has 2 aromatic carbocycles. The molecule has 0 fully saturated rings. The summed E-state index contributed by atoms with van der Waals surface area (Å²) < 4.78 is 15.0. The molecule has 0 heterocycles. The first-order chi connectivity index (χ1) is 9.52. The molecular formula is C15H14Br2FNO. The minimum atomic E-state index is -0.811. The summed E-state index contributed by atoms with van der Waals surface area (Å²) in [7, 11) is 0. The van der Waals surface area contributed by atoms with E-state index in [2.05, 4.69) is 31.9 Å². The van der Waals surface area contributed by atoms with Gasteiger partial charge in [0.2, 0.25) is 0 Å². The second kappa shape index (κ2) is 6.80. The third-order valence-corrected chi connectivity index (χ3v) is 4.40. The van der Waals surface area contributed by atoms with Crippen molar-refractivity contribution < 1.29 is 9.50 Å². The molecule has 106 valence electrons. The maximum Gasteiger partial charge on any atom is 0.123 e. The van der Waals surface area contributed by atoms with Crippen molar-refractivity contribution in [2.75, 3.05) is 6.54 Å². The molecule has 0 aromatic heterocycles. The normalized spacial score (nSPS) is 14.1. The number of aliphatic hydroxyl groups excluding tert-OH is 1. The molecule has 20 heavy (non-hydrogen) atoms. The molecule has 2 unspecified atom stereocenters. The zero-order chi connectivity index (χ0) is 14.7. The highest BCUT2D eigenvalue weighted by molar-refractivity contribution is 9.11. The Morgan fingerprint density at radius 1 is 1.15 bits per heavy atom. The SMILES string of the molecule is NCC(c1cccc(F)c1)C(O)c1cc(Br)ccc1Br. The summed E-state index contributed by atoms with van der Waals surface area (Å²) in [5.74, 6) is -0.697. The van der Waals surface area contributed by atoms with E-state index in [0.717, 1.165) is 14.5 Å². The summed E-state index contributed by atoms with van der Waals surface area (Å²) >= 11 is 6.80. The van der Waals surface area contributed by atoms with Gasteiger partial charge in [-0.05, 0) is 41.5 Å². The third kappa shape index (κ3) is 3.47. The van der Waals surface area contributed by atoms with Gasteiger partial charge in [-0.2, -0.15) is 0 Å². The molecular weight excluding hydrogens is 389 g/mol. The molecule has 0 saturated heterocycles. The number of nitrogens with two attached hydrogens (primary N) is 1. The van der Waals surface area contributed by atoms with Crippen LogP contribution in [0.3, 0.4) is 0 Å². The molecule has 2 atom stereocenters. The molecule has 5 heteroatoms. The summed E-state index contributed by atoms with van der Waals surface area (Å²) in [4.78, 5) is 0. The highest BCUT2D eigenvalue weighted by atomic mass is 79.9. The number of aliphatic hydroxyl groups is 1. The summed E-state index contributed by atoms with van der Waals surface area (Å²) in [6, 6.07) is 11.7. The lowest BCUT2D eigenvalue weighted by atomic mass is 9.89. The summed E-state index contributed by atoms with van der Waals surface area (Å²) in [6.45, 7) is 0.226. The van der Waals surface area contributed by atoms with Gasteiger partial charge in [0.15, 0.2) is 0 Å². The van der Waals surface area contributed by atoms with Crippen LogP contribution in [-0.2, 0) is 0 Å². The highest BCUT2D eigenvalue weighted by Gasteiger charge is 2.23. The fourth-order valence-corrected chi connectivity index (χ4v) is 3.00. The Balaban J connectivity index is 2.38. The summed E-state index contributed by atoms with van der Waals surface area (Å²) in [5.41, 5.74) is 7.18. The maximum absolute atomic E-state index is 13.3. The van der Waals surface area contributed by atoms with Gasteiger partial charge in [-0.15, -0.1) is 0 Å². The van der Waals surface area contributed by atoms with Gasteiger partial charge in [-0.1, -0.05) is 44.0 Å². The van der Waals surface area contributed by atoms with Crippen molar-refractivity contribution >= 4 is 31.9 Å². The molecule has 0 radical (unpaired) electrons. The van der Waals surface area contributed by atoms with Crippen LogP contribution >= 0.6 is 31.9 Å². The first kappa shape index (κ1) is 15.6. The van der Waals surface area contributed by atoms with Crippen molar-refractivity contribution in [3.63, 3.8) is 0 Å². The largest absolute Gasteiger partial charge is 0.388 e. The van der Waals surface area contributed by atoms with Crippen LogP contribution in [-0.4, -0.2) is 11.7 Å². The first-order valence-corrected chi connectivity index (χ1v) is 7.70. The van der Waals surface area contributed by atoms with E-state index in [1.54, 1.807) is 12.1 Å². The lowest BCUT2D eigenvalue weighted by molar-refractivity contribution is 0.146. The number of hydrogen-bond acceptors (Lipinski definition) is 2. The maximum atomic E-state index is 13.3. The van der Waals surface area contributed by atoms with Gasteiger partial charge < -0.3 is 10.8 Å². The number of hydrogen-bond donors (Lipinski definition) is 2. The van der Waals surface area contributed by atoms with E-state index in [-0.39, 0.29) is 18.3 Å². The molecule has 2 aromatic rings. The van der Waals surface area contributed by atoms with Crippen LogP contribution < -0.4 is 5.73 Å². The van der Waals surface area contributed by atoms with Crippen LogP contribution in [0.25, 0.3) is 0 Å². The Kier molecular flexibility index (Phi) is 5.32. The molecule has 0 saturated carbocycles. The van der Waals surface area contributed by atoms with E-state index in [4.69, 9.17) is 5.73 Å². The molecule has 0 aliphatic rings. The monoisotopic (exact) mass is 401 g/mol. The third-order valence-electron chi connectivity index (χ3n) is 3.19. The zero-order valence-electron chi connectivity index (χ0n) is 10.6. The van der Waals surface area contributed by atoms with Gasteiger partial charge in [0.05, 0.1) is 6.10 Å². The first-order valence-electron chi connectivity index (χ1n) is 6.11. The second-order valence-electron chi connectivity index (χ2n) is 4.51. The molecule has 0 spiro atoms. The van der Waals surface area contributed by atoms with Gasteiger partial charge in [0, 0.05) is 21.4 Å². The van der Waals surface area contributed by atoms with Crippen molar-refractivity contribution in [3.05, 3.63) is 68.4 Å². The number of rotatable bonds is 4. The van der Waals surface area contributed by atoms with Crippen LogP contribution in [0, 0.1) is 5.82 Å². The molecule has 0 aliphatic heterocycles. The second-order valence-corrected chi connectivity index (χ2v) is 6.28. The van der Waals surface area contributed by atoms with Crippen LogP contribution in [0.1, 0.15) is 23.1 Å². The Labute approximate surface area is 134 Å². The summed E-state index contributed by atoms with van der Waals surface area (Å²) in [5, 5.41) is 10.6. The molecule has 2 rings (SSSR count). The fraction of sp³-hybridized carbons (Fsp3) is 0.200. The van der Waals surface area contributed by atoms with Gasteiger partial charge in [0.1, 0.15) is 5.82 Å². The minimum absolute atomic E-state index is 0.226. The van der Waals surface area contributed by atoms with Crippen LogP contribution in [0.15, 0.2) is 51.4 Å². The molecule has 3 N–H and O–H groups in total. The van der Waals surface area contributed by atoms with Crippen LogP contribution in [0.5, 0.6) is 0 Å². The standard InChI is InChI=1S/C15H14Br2FNO/c16-10-4-5-14(17)12(7-10)15(20)13(8-19)9-2-1-3-11(18)6-9/h1-7,13,15,20H,8,19H2.